The molecule has 18 heavy (non-hydrogen) atoms. The lowest BCUT2D eigenvalue weighted by Gasteiger charge is -2.02. The fourth-order valence-electron chi connectivity index (χ4n) is 1.70. The summed E-state index contributed by atoms with van der Waals surface area (Å²) in [5.74, 6) is 0.521. The molecule has 2 aromatic rings. The van der Waals surface area contributed by atoms with E-state index in [1.54, 1.807) is 6.20 Å². The molecule has 0 saturated heterocycles. The number of rotatable bonds is 4. The maximum Gasteiger partial charge on any atom is 0.174 e. The SMILES string of the molecule is Cc1cc(C(=O)CSc2ncccc2Br)c(C)[nH]1. The third-order valence-corrected chi connectivity index (χ3v) is 4.42. The summed E-state index contributed by atoms with van der Waals surface area (Å²) in [6, 6.07) is 5.67. The molecule has 2 heterocycles. The average molecular weight is 325 g/mol. The zero-order chi connectivity index (χ0) is 13.1. The molecular weight excluding hydrogens is 312 g/mol. The number of nitrogens with one attached hydrogen (secondary N) is 1. The molecule has 0 aliphatic rings. The molecule has 2 aromatic heterocycles. The van der Waals surface area contributed by atoms with Crippen LogP contribution in [0.4, 0.5) is 0 Å². The first-order valence-electron chi connectivity index (χ1n) is 5.50. The molecule has 2 rings (SSSR count). The van der Waals surface area contributed by atoms with Crippen LogP contribution in [0.2, 0.25) is 0 Å². The number of hydrogen-bond donors (Lipinski definition) is 1. The van der Waals surface area contributed by atoms with Gasteiger partial charge in [0, 0.05) is 27.6 Å². The Morgan fingerprint density at radius 3 is 2.89 bits per heavy atom. The molecule has 0 amide bonds. The van der Waals surface area contributed by atoms with Crippen LogP contribution < -0.4 is 0 Å². The molecule has 3 nitrogen and oxygen atoms in total. The van der Waals surface area contributed by atoms with Crippen LogP contribution in [0.15, 0.2) is 33.9 Å². The van der Waals surface area contributed by atoms with E-state index in [9.17, 15) is 4.79 Å². The van der Waals surface area contributed by atoms with Crippen LogP contribution >= 0.6 is 27.7 Å². The van der Waals surface area contributed by atoms with Crippen LogP contribution in [0.25, 0.3) is 0 Å². The van der Waals surface area contributed by atoms with Gasteiger partial charge in [0.1, 0.15) is 5.03 Å². The predicted molar refractivity (Wildman–Crippen MR) is 77.3 cm³/mol. The smallest absolute Gasteiger partial charge is 0.174 e. The second-order valence-corrected chi connectivity index (χ2v) is 5.81. The van der Waals surface area contributed by atoms with Crippen LogP contribution in [0.3, 0.4) is 0 Å². The van der Waals surface area contributed by atoms with E-state index in [1.807, 2.05) is 32.0 Å². The molecule has 0 radical (unpaired) electrons. The number of halogens is 1. The summed E-state index contributed by atoms with van der Waals surface area (Å²) < 4.78 is 0.921. The summed E-state index contributed by atoms with van der Waals surface area (Å²) in [5.41, 5.74) is 2.71. The van der Waals surface area contributed by atoms with Crippen molar-refractivity contribution >= 4 is 33.5 Å². The number of hydrogen-bond acceptors (Lipinski definition) is 3. The quantitative estimate of drug-likeness (QED) is 0.688. The van der Waals surface area contributed by atoms with E-state index >= 15 is 0 Å². The molecule has 0 aromatic carbocycles. The largest absolute Gasteiger partial charge is 0.362 e. The predicted octanol–water partition coefficient (Wildman–Crippen LogP) is 3.76. The van der Waals surface area contributed by atoms with E-state index in [2.05, 4.69) is 25.9 Å². The summed E-state index contributed by atoms with van der Waals surface area (Å²) in [5, 5.41) is 0.843. The molecule has 1 N–H and O–H groups in total. The number of carbonyl (C=O) groups excluding carboxylic acids is 1. The van der Waals surface area contributed by atoms with Crippen molar-refractivity contribution in [1.82, 2.24) is 9.97 Å². The number of nitrogens with zero attached hydrogens (tertiary/aromatic N) is 1. The minimum absolute atomic E-state index is 0.124. The highest BCUT2D eigenvalue weighted by molar-refractivity contribution is 9.10. The molecule has 5 heteroatoms. The zero-order valence-electron chi connectivity index (χ0n) is 10.2. The number of pyridine rings is 1. The van der Waals surface area contributed by atoms with Gasteiger partial charge in [-0.2, -0.15) is 0 Å². The Morgan fingerprint density at radius 1 is 1.50 bits per heavy atom. The van der Waals surface area contributed by atoms with Crippen molar-refractivity contribution in [3.8, 4) is 0 Å². The van der Waals surface area contributed by atoms with Crippen LogP contribution in [-0.2, 0) is 0 Å². The molecule has 0 aliphatic heterocycles. The number of aryl methyl sites for hydroxylation is 2. The van der Waals surface area contributed by atoms with Gasteiger partial charge < -0.3 is 4.98 Å². The van der Waals surface area contributed by atoms with E-state index in [0.29, 0.717) is 5.75 Å². The highest BCUT2D eigenvalue weighted by Gasteiger charge is 2.13. The number of ketones is 1. The van der Waals surface area contributed by atoms with Crippen molar-refractivity contribution in [3.63, 3.8) is 0 Å². The van der Waals surface area contributed by atoms with Gasteiger partial charge in [-0.05, 0) is 48.0 Å². The first-order valence-corrected chi connectivity index (χ1v) is 7.28. The Morgan fingerprint density at radius 2 is 2.28 bits per heavy atom. The highest BCUT2D eigenvalue weighted by Crippen LogP contribution is 2.25. The van der Waals surface area contributed by atoms with Gasteiger partial charge in [0.2, 0.25) is 0 Å². The number of Topliss-reactive ketones (excluding diaryl/α,β-unsaturated/α-hetero) is 1. The lowest BCUT2D eigenvalue weighted by atomic mass is 10.2. The molecule has 0 atom stereocenters. The second-order valence-electron chi connectivity index (χ2n) is 3.99. The monoisotopic (exact) mass is 324 g/mol. The van der Waals surface area contributed by atoms with Crippen molar-refractivity contribution in [1.29, 1.82) is 0 Å². The zero-order valence-corrected chi connectivity index (χ0v) is 12.6. The molecule has 94 valence electrons. The van der Waals surface area contributed by atoms with Crippen LogP contribution in [0, 0.1) is 13.8 Å². The van der Waals surface area contributed by atoms with Gasteiger partial charge in [-0.1, -0.05) is 11.8 Å². The first-order chi connectivity index (χ1) is 8.58. The molecule has 0 unspecified atom stereocenters. The van der Waals surface area contributed by atoms with Gasteiger partial charge in [-0.15, -0.1) is 0 Å². The van der Waals surface area contributed by atoms with Crippen molar-refractivity contribution in [2.75, 3.05) is 5.75 Å². The lowest BCUT2D eigenvalue weighted by Crippen LogP contribution is -2.03. The normalized spacial score (nSPS) is 10.6. The number of thioether (sulfide) groups is 1. The Balaban J connectivity index is 2.05. The molecule has 0 bridgehead atoms. The molecule has 0 aliphatic carbocycles. The Kier molecular flexibility index (Phi) is 4.24. The number of aromatic nitrogens is 2. The summed E-state index contributed by atoms with van der Waals surface area (Å²) in [4.78, 5) is 19.5. The third kappa shape index (κ3) is 3.03. The van der Waals surface area contributed by atoms with Crippen LogP contribution in [0.1, 0.15) is 21.7 Å². The maximum atomic E-state index is 12.1. The summed E-state index contributed by atoms with van der Waals surface area (Å²) in [6.07, 6.45) is 1.73. The molecule has 0 saturated carbocycles. The van der Waals surface area contributed by atoms with Crippen LogP contribution in [0.5, 0.6) is 0 Å². The van der Waals surface area contributed by atoms with E-state index < -0.39 is 0 Å². The number of carbonyl (C=O) groups is 1. The standard InChI is InChI=1S/C13H13BrN2OS/c1-8-6-10(9(2)16-8)12(17)7-18-13-11(14)4-3-5-15-13/h3-6,16H,7H2,1-2H3. The van der Waals surface area contributed by atoms with Gasteiger partial charge in [0.15, 0.2) is 5.78 Å². The van der Waals surface area contributed by atoms with Gasteiger partial charge in [-0.25, -0.2) is 4.98 Å². The average Bonchev–Trinajstić information content (AvgIpc) is 2.67. The van der Waals surface area contributed by atoms with E-state index in [4.69, 9.17) is 0 Å². The topological polar surface area (TPSA) is 45.8 Å². The maximum absolute atomic E-state index is 12.1. The number of H-pyrrole nitrogens is 1. The Labute approximate surface area is 119 Å². The second kappa shape index (κ2) is 5.71. The molecule has 0 spiro atoms. The van der Waals surface area contributed by atoms with Crippen molar-refractivity contribution in [2.24, 2.45) is 0 Å². The Bertz CT molecular complexity index is 580. The van der Waals surface area contributed by atoms with E-state index in [0.717, 1.165) is 26.4 Å². The highest BCUT2D eigenvalue weighted by atomic mass is 79.9. The van der Waals surface area contributed by atoms with Gasteiger partial charge >= 0.3 is 0 Å². The lowest BCUT2D eigenvalue weighted by molar-refractivity contribution is 0.102. The summed E-state index contributed by atoms with van der Waals surface area (Å²) in [7, 11) is 0. The number of aromatic amines is 1. The molecule has 0 fully saturated rings. The third-order valence-electron chi connectivity index (χ3n) is 2.51. The fraction of sp³-hybridized carbons (Fsp3) is 0.231. The minimum atomic E-state index is 0.124. The van der Waals surface area contributed by atoms with Gasteiger partial charge in [0.25, 0.3) is 0 Å². The summed E-state index contributed by atoms with van der Waals surface area (Å²) >= 11 is 4.87. The van der Waals surface area contributed by atoms with Gasteiger partial charge in [0.05, 0.1) is 5.75 Å². The fourth-order valence-corrected chi connectivity index (χ4v) is 3.07. The van der Waals surface area contributed by atoms with Gasteiger partial charge in [-0.3, -0.25) is 4.79 Å². The van der Waals surface area contributed by atoms with E-state index in [1.165, 1.54) is 11.8 Å². The Hall–Kier alpha value is -1.07. The van der Waals surface area contributed by atoms with Crippen molar-refractivity contribution in [3.05, 3.63) is 45.8 Å². The summed E-state index contributed by atoms with van der Waals surface area (Å²) in [6.45, 7) is 3.87. The van der Waals surface area contributed by atoms with Crippen LogP contribution in [-0.4, -0.2) is 21.5 Å². The van der Waals surface area contributed by atoms with E-state index in [-0.39, 0.29) is 5.78 Å². The van der Waals surface area contributed by atoms with Crippen molar-refractivity contribution < 1.29 is 4.79 Å². The molecular formula is C13H13BrN2OS. The first kappa shape index (κ1) is 13.4. The minimum Gasteiger partial charge on any atom is -0.362 e. The van der Waals surface area contributed by atoms with Crippen molar-refractivity contribution in [2.45, 2.75) is 18.9 Å².